The lowest BCUT2D eigenvalue weighted by Gasteiger charge is -2.03. The van der Waals surface area contributed by atoms with Crippen LogP contribution in [0.25, 0.3) is 22.6 Å². The van der Waals surface area contributed by atoms with Crippen molar-refractivity contribution in [1.29, 1.82) is 0 Å². The average molecular weight is 524 g/mol. The molecule has 0 saturated carbocycles. The third-order valence-electron chi connectivity index (χ3n) is 5.62. The molecule has 0 saturated heterocycles. The van der Waals surface area contributed by atoms with Gasteiger partial charge in [0, 0.05) is 32.6 Å². The maximum Gasteiger partial charge on any atom is 0.335 e. The summed E-state index contributed by atoms with van der Waals surface area (Å²) in [7, 11) is 3.54. The average Bonchev–Trinajstić information content (AvgIpc) is 3.59. The van der Waals surface area contributed by atoms with Crippen LogP contribution in [0, 0.1) is 0 Å². The number of carbonyl (C=O) groups is 3. The molecule has 0 aliphatic carbocycles. The van der Waals surface area contributed by atoms with Crippen molar-refractivity contribution < 1.29 is 24.5 Å². The van der Waals surface area contributed by atoms with Gasteiger partial charge in [0.2, 0.25) is 0 Å². The van der Waals surface area contributed by atoms with E-state index in [-0.39, 0.29) is 17.4 Å². The Labute approximate surface area is 213 Å². The summed E-state index contributed by atoms with van der Waals surface area (Å²) in [4.78, 5) is 43.5. The molecule has 36 heavy (non-hydrogen) atoms. The molecule has 0 aliphatic rings. The number of imidazole rings is 1. The number of rotatable bonds is 6. The van der Waals surface area contributed by atoms with E-state index in [1.165, 1.54) is 17.4 Å². The van der Waals surface area contributed by atoms with E-state index in [9.17, 15) is 19.5 Å². The molecular weight excluding hydrogens is 504 g/mol. The highest BCUT2D eigenvalue weighted by Crippen LogP contribution is 2.25. The first-order chi connectivity index (χ1) is 17.2. The number of amides is 2. The van der Waals surface area contributed by atoms with E-state index in [2.05, 4.69) is 20.6 Å². The summed E-state index contributed by atoms with van der Waals surface area (Å²) in [6.45, 7) is 0. The number of hydrogen-bond donors (Lipinski definition) is 4. The van der Waals surface area contributed by atoms with Gasteiger partial charge in [0.25, 0.3) is 11.8 Å². The van der Waals surface area contributed by atoms with Gasteiger partial charge in [-0.05, 0) is 35.7 Å². The Morgan fingerprint density at radius 3 is 2.44 bits per heavy atom. The SMILES string of the molecule is Cn1cc(NC(=O)c2sccc2Cl)cc1C(=O)Nc1cc(-c2[nH]c3cc(C(=O)O)ccc3[nH+]2)n(C)c1. The topological polar surface area (TPSA) is 135 Å². The molecule has 0 bridgehead atoms. The number of anilines is 2. The molecule has 2 amide bonds. The Morgan fingerprint density at radius 1 is 1.00 bits per heavy atom. The van der Waals surface area contributed by atoms with Gasteiger partial charge in [-0.2, -0.15) is 0 Å². The molecule has 1 aromatic carbocycles. The number of benzene rings is 1. The molecule has 5 rings (SSSR count). The van der Waals surface area contributed by atoms with Gasteiger partial charge >= 0.3 is 11.8 Å². The fraction of sp³-hybridized carbons (Fsp3) is 0.0833. The van der Waals surface area contributed by atoms with Gasteiger partial charge in [0.15, 0.2) is 11.0 Å². The van der Waals surface area contributed by atoms with Crippen LogP contribution >= 0.6 is 22.9 Å². The number of fused-ring (bicyclic) bond motifs is 1. The lowest BCUT2D eigenvalue weighted by Crippen LogP contribution is -2.14. The number of aromatic amines is 2. The molecule has 5 aromatic rings. The normalized spacial score (nSPS) is 11.1. The summed E-state index contributed by atoms with van der Waals surface area (Å²) in [5.74, 6) is -1.04. The van der Waals surface area contributed by atoms with E-state index in [4.69, 9.17) is 11.6 Å². The fourth-order valence-corrected chi connectivity index (χ4v) is 4.93. The third-order valence-corrected chi connectivity index (χ3v) is 6.96. The number of nitrogens with one attached hydrogen (secondary N) is 4. The minimum atomic E-state index is -1.00. The number of hydrogen-bond acceptors (Lipinski definition) is 4. The van der Waals surface area contributed by atoms with Crippen LogP contribution in [0.15, 0.2) is 54.2 Å². The van der Waals surface area contributed by atoms with Crippen molar-refractivity contribution in [3.63, 3.8) is 0 Å². The van der Waals surface area contributed by atoms with Crippen molar-refractivity contribution in [2.75, 3.05) is 10.6 Å². The first kappa shape index (κ1) is 23.4. The van der Waals surface area contributed by atoms with Gasteiger partial charge in [-0.15, -0.1) is 11.3 Å². The monoisotopic (exact) mass is 523 g/mol. The number of aromatic carboxylic acids is 1. The lowest BCUT2D eigenvalue weighted by atomic mass is 10.2. The summed E-state index contributed by atoms with van der Waals surface area (Å²) >= 11 is 7.27. The Bertz CT molecular complexity index is 1660. The smallest absolute Gasteiger partial charge is 0.335 e. The molecule has 10 nitrogen and oxygen atoms in total. The second-order valence-corrected chi connectivity index (χ2v) is 9.47. The van der Waals surface area contributed by atoms with Crippen molar-refractivity contribution in [2.24, 2.45) is 14.1 Å². The maximum absolute atomic E-state index is 13.0. The second kappa shape index (κ2) is 9.02. The van der Waals surface area contributed by atoms with Gasteiger partial charge in [-0.25, -0.2) is 14.8 Å². The minimum absolute atomic E-state index is 0.181. The van der Waals surface area contributed by atoms with Crippen LogP contribution in [0.2, 0.25) is 5.02 Å². The zero-order valence-electron chi connectivity index (χ0n) is 19.0. The molecule has 0 radical (unpaired) electrons. The Balaban J connectivity index is 1.34. The lowest BCUT2D eigenvalue weighted by molar-refractivity contribution is -0.330. The Kier molecular flexibility index (Phi) is 5.86. The molecule has 0 spiro atoms. The standard InChI is InChI=1S/C24H19ClN6O4S/c1-30-10-13(8-18(30)21-28-16-4-3-12(24(34)35)7-17(16)29-21)26-22(32)19-9-14(11-31(19)2)27-23(33)20-15(25)5-6-36-20/h3-11H,1-2H3,(H,26,32)(H,27,33)(H,28,29)(H,34,35)/p+1. The molecule has 182 valence electrons. The van der Waals surface area contributed by atoms with Gasteiger partial charge < -0.3 is 24.9 Å². The van der Waals surface area contributed by atoms with E-state index >= 15 is 0 Å². The summed E-state index contributed by atoms with van der Waals surface area (Å²) in [6.07, 6.45) is 3.41. The summed E-state index contributed by atoms with van der Waals surface area (Å²) in [5.41, 5.74) is 3.73. The van der Waals surface area contributed by atoms with Crippen molar-refractivity contribution in [1.82, 2.24) is 14.1 Å². The number of carboxylic acid groups (broad SMARTS) is 1. The number of aryl methyl sites for hydroxylation is 2. The van der Waals surface area contributed by atoms with Gasteiger partial charge in [0.05, 0.1) is 22.0 Å². The first-order valence-corrected chi connectivity index (χ1v) is 11.9. The summed E-state index contributed by atoms with van der Waals surface area (Å²) < 4.78 is 3.45. The fourth-order valence-electron chi connectivity index (χ4n) is 3.90. The number of carbonyl (C=O) groups excluding carboxylic acids is 2. The predicted molar refractivity (Wildman–Crippen MR) is 137 cm³/mol. The van der Waals surface area contributed by atoms with Gasteiger partial charge in [-0.3, -0.25) is 9.59 Å². The predicted octanol–water partition coefficient (Wildman–Crippen LogP) is 4.24. The van der Waals surface area contributed by atoms with Crippen molar-refractivity contribution in [2.45, 2.75) is 0 Å². The molecule has 0 fully saturated rings. The molecule has 12 heteroatoms. The third kappa shape index (κ3) is 4.37. The van der Waals surface area contributed by atoms with Crippen LogP contribution < -0.4 is 15.6 Å². The number of thiophene rings is 1. The largest absolute Gasteiger partial charge is 0.478 e. The molecule has 5 N–H and O–H groups in total. The van der Waals surface area contributed by atoms with Crippen molar-refractivity contribution in [3.05, 3.63) is 75.3 Å². The highest BCUT2D eigenvalue weighted by molar-refractivity contribution is 7.12. The summed E-state index contributed by atoms with van der Waals surface area (Å²) in [5, 5.41) is 17.0. The number of carboxylic acids is 1. The van der Waals surface area contributed by atoms with Gasteiger partial charge in [-0.1, -0.05) is 11.6 Å². The van der Waals surface area contributed by atoms with Gasteiger partial charge in [0.1, 0.15) is 16.3 Å². The van der Waals surface area contributed by atoms with Crippen LogP contribution in [-0.4, -0.2) is 37.0 Å². The first-order valence-electron chi connectivity index (χ1n) is 10.7. The molecule has 4 aromatic heterocycles. The Hall–Kier alpha value is -4.35. The number of halogens is 1. The zero-order valence-corrected chi connectivity index (χ0v) is 20.6. The molecule has 0 atom stereocenters. The van der Waals surface area contributed by atoms with Crippen LogP contribution in [0.3, 0.4) is 0 Å². The number of aromatic nitrogens is 4. The van der Waals surface area contributed by atoms with E-state index in [0.29, 0.717) is 38.3 Å². The highest BCUT2D eigenvalue weighted by Gasteiger charge is 2.20. The molecule has 0 unspecified atom stereocenters. The highest BCUT2D eigenvalue weighted by atomic mass is 35.5. The second-order valence-electron chi connectivity index (χ2n) is 8.15. The van der Waals surface area contributed by atoms with Crippen LogP contribution in [0.1, 0.15) is 30.5 Å². The van der Waals surface area contributed by atoms with Crippen LogP contribution in [0.5, 0.6) is 0 Å². The minimum Gasteiger partial charge on any atom is -0.478 e. The quantitative estimate of drug-likeness (QED) is 0.264. The van der Waals surface area contributed by atoms with Crippen LogP contribution in [-0.2, 0) is 14.1 Å². The number of nitrogens with zero attached hydrogens (tertiary/aromatic N) is 2. The van der Waals surface area contributed by atoms with E-state index in [1.807, 2.05) is 11.6 Å². The van der Waals surface area contributed by atoms with Crippen molar-refractivity contribution in [3.8, 4) is 11.5 Å². The van der Waals surface area contributed by atoms with Crippen molar-refractivity contribution >= 4 is 63.1 Å². The molecular formula is C24H20ClN6O4S+. The molecule has 4 heterocycles. The Morgan fingerprint density at radius 2 is 1.72 bits per heavy atom. The zero-order chi connectivity index (χ0) is 25.6. The number of H-pyrrole nitrogens is 2. The summed E-state index contributed by atoms with van der Waals surface area (Å²) in [6, 6.07) is 9.82. The maximum atomic E-state index is 13.0. The van der Waals surface area contributed by atoms with E-state index < -0.39 is 5.97 Å². The molecule has 0 aliphatic heterocycles. The van der Waals surface area contributed by atoms with E-state index in [1.54, 1.807) is 59.7 Å². The van der Waals surface area contributed by atoms with E-state index in [0.717, 1.165) is 11.2 Å². The van der Waals surface area contributed by atoms with Crippen LogP contribution in [0.4, 0.5) is 11.4 Å².